The van der Waals surface area contributed by atoms with Crippen LogP contribution in [-0.4, -0.2) is 35.8 Å². The van der Waals surface area contributed by atoms with Gasteiger partial charge in [0.2, 0.25) is 0 Å². The van der Waals surface area contributed by atoms with Gasteiger partial charge in [-0.1, -0.05) is 20.8 Å². The SMILES string of the molecule is Cc1cc(CNCC(C)C)cnc1N1CCC(O)C(C)C1. The van der Waals surface area contributed by atoms with E-state index in [9.17, 15) is 5.11 Å². The third-order valence-corrected chi connectivity index (χ3v) is 4.15. The van der Waals surface area contributed by atoms with Crippen LogP contribution in [-0.2, 0) is 6.54 Å². The lowest BCUT2D eigenvalue weighted by atomic mass is 9.96. The molecular weight excluding hydrogens is 262 g/mol. The molecule has 2 atom stereocenters. The highest BCUT2D eigenvalue weighted by atomic mass is 16.3. The summed E-state index contributed by atoms with van der Waals surface area (Å²) < 4.78 is 0. The van der Waals surface area contributed by atoms with Gasteiger partial charge in [0.05, 0.1) is 6.10 Å². The molecule has 0 aliphatic carbocycles. The number of hydrogen-bond acceptors (Lipinski definition) is 4. The third kappa shape index (κ3) is 4.42. The molecule has 1 aromatic rings. The van der Waals surface area contributed by atoms with E-state index in [1.807, 2.05) is 6.20 Å². The van der Waals surface area contributed by atoms with Crippen molar-refractivity contribution in [2.45, 2.75) is 46.8 Å². The maximum Gasteiger partial charge on any atom is 0.131 e. The summed E-state index contributed by atoms with van der Waals surface area (Å²) in [5.74, 6) is 2.05. The summed E-state index contributed by atoms with van der Waals surface area (Å²) in [5.41, 5.74) is 2.46. The Morgan fingerprint density at radius 3 is 2.86 bits per heavy atom. The second kappa shape index (κ2) is 7.23. The first kappa shape index (κ1) is 16.2. The second-order valence-electron chi connectivity index (χ2n) is 6.79. The van der Waals surface area contributed by atoms with Gasteiger partial charge in [-0.05, 0) is 48.9 Å². The summed E-state index contributed by atoms with van der Waals surface area (Å²) in [7, 11) is 0. The Morgan fingerprint density at radius 2 is 2.24 bits per heavy atom. The van der Waals surface area contributed by atoms with Crippen LogP contribution in [0.1, 0.15) is 38.3 Å². The van der Waals surface area contributed by atoms with Gasteiger partial charge in [0.15, 0.2) is 0 Å². The molecule has 2 N–H and O–H groups in total. The molecule has 4 nitrogen and oxygen atoms in total. The van der Waals surface area contributed by atoms with Crippen LogP contribution in [0.15, 0.2) is 12.3 Å². The number of piperidine rings is 1. The zero-order valence-electron chi connectivity index (χ0n) is 13.8. The molecule has 0 aromatic carbocycles. The van der Waals surface area contributed by atoms with E-state index >= 15 is 0 Å². The van der Waals surface area contributed by atoms with Crippen LogP contribution < -0.4 is 10.2 Å². The fourth-order valence-electron chi connectivity index (χ4n) is 2.88. The lowest BCUT2D eigenvalue weighted by molar-refractivity contribution is 0.0968. The monoisotopic (exact) mass is 291 g/mol. The first-order valence-electron chi connectivity index (χ1n) is 8.06. The molecule has 1 aliphatic rings. The van der Waals surface area contributed by atoms with E-state index in [1.165, 1.54) is 11.1 Å². The Bertz CT molecular complexity index is 461. The quantitative estimate of drug-likeness (QED) is 0.874. The average molecular weight is 291 g/mol. The lowest BCUT2D eigenvalue weighted by Crippen LogP contribution is -2.42. The number of aromatic nitrogens is 1. The molecule has 118 valence electrons. The second-order valence-corrected chi connectivity index (χ2v) is 6.79. The van der Waals surface area contributed by atoms with Crippen molar-refractivity contribution in [3.05, 3.63) is 23.4 Å². The molecule has 4 heteroatoms. The van der Waals surface area contributed by atoms with Gasteiger partial charge in [-0.25, -0.2) is 4.98 Å². The van der Waals surface area contributed by atoms with Gasteiger partial charge in [-0.2, -0.15) is 0 Å². The highest BCUT2D eigenvalue weighted by Crippen LogP contribution is 2.24. The molecule has 0 bridgehead atoms. The maximum absolute atomic E-state index is 9.84. The van der Waals surface area contributed by atoms with Crippen molar-refractivity contribution in [3.63, 3.8) is 0 Å². The molecule has 0 radical (unpaired) electrons. The fourth-order valence-corrected chi connectivity index (χ4v) is 2.88. The minimum absolute atomic E-state index is 0.166. The van der Waals surface area contributed by atoms with Crippen molar-refractivity contribution in [1.29, 1.82) is 0 Å². The van der Waals surface area contributed by atoms with E-state index in [0.717, 1.165) is 38.4 Å². The van der Waals surface area contributed by atoms with E-state index in [4.69, 9.17) is 0 Å². The summed E-state index contributed by atoms with van der Waals surface area (Å²) >= 11 is 0. The smallest absolute Gasteiger partial charge is 0.131 e. The van der Waals surface area contributed by atoms with Crippen molar-refractivity contribution in [2.24, 2.45) is 11.8 Å². The molecule has 0 spiro atoms. The van der Waals surface area contributed by atoms with E-state index in [-0.39, 0.29) is 6.10 Å². The van der Waals surface area contributed by atoms with E-state index < -0.39 is 0 Å². The Morgan fingerprint density at radius 1 is 1.48 bits per heavy atom. The molecule has 2 heterocycles. The minimum Gasteiger partial charge on any atom is -0.393 e. The van der Waals surface area contributed by atoms with Gasteiger partial charge in [0.25, 0.3) is 0 Å². The van der Waals surface area contributed by atoms with Crippen LogP contribution in [0.2, 0.25) is 0 Å². The number of nitrogens with one attached hydrogen (secondary N) is 1. The molecule has 21 heavy (non-hydrogen) atoms. The molecule has 2 unspecified atom stereocenters. The van der Waals surface area contributed by atoms with Crippen LogP contribution in [0.5, 0.6) is 0 Å². The fraction of sp³-hybridized carbons (Fsp3) is 0.706. The molecule has 1 saturated heterocycles. The van der Waals surface area contributed by atoms with Gasteiger partial charge in [-0.15, -0.1) is 0 Å². The number of aryl methyl sites for hydroxylation is 1. The van der Waals surface area contributed by atoms with Gasteiger partial charge in [-0.3, -0.25) is 0 Å². The van der Waals surface area contributed by atoms with Gasteiger partial charge < -0.3 is 15.3 Å². The molecule has 0 amide bonds. The highest BCUT2D eigenvalue weighted by molar-refractivity contribution is 5.47. The molecule has 0 saturated carbocycles. The highest BCUT2D eigenvalue weighted by Gasteiger charge is 2.25. The first-order valence-corrected chi connectivity index (χ1v) is 8.06. The van der Waals surface area contributed by atoms with E-state index in [1.54, 1.807) is 0 Å². The van der Waals surface area contributed by atoms with Crippen molar-refractivity contribution in [1.82, 2.24) is 10.3 Å². The van der Waals surface area contributed by atoms with Crippen molar-refractivity contribution in [3.8, 4) is 0 Å². The molecular formula is C17H29N3O. The zero-order valence-corrected chi connectivity index (χ0v) is 13.8. The number of pyridine rings is 1. The lowest BCUT2D eigenvalue weighted by Gasteiger charge is -2.35. The third-order valence-electron chi connectivity index (χ3n) is 4.15. The topological polar surface area (TPSA) is 48.4 Å². The predicted octanol–water partition coefficient (Wildman–Crippen LogP) is 2.34. The molecule has 1 aliphatic heterocycles. The van der Waals surface area contributed by atoms with Crippen molar-refractivity contribution < 1.29 is 5.11 Å². The normalized spacial score (nSPS) is 22.9. The Labute approximate surface area is 128 Å². The van der Waals surface area contributed by atoms with Gasteiger partial charge in [0.1, 0.15) is 5.82 Å². The standard InChI is InChI=1S/C17H29N3O/c1-12(2)8-18-9-15-7-13(3)17(19-10-15)20-6-5-16(21)14(4)11-20/h7,10,12,14,16,18,21H,5-6,8-9,11H2,1-4H3. The molecule has 1 fully saturated rings. The number of hydrogen-bond donors (Lipinski definition) is 2. The first-order chi connectivity index (χ1) is 9.97. The number of rotatable bonds is 5. The number of aliphatic hydroxyl groups excluding tert-OH is 1. The zero-order chi connectivity index (χ0) is 15.4. The van der Waals surface area contributed by atoms with E-state index in [2.05, 4.69) is 49.0 Å². The Balaban J connectivity index is 1.99. The van der Waals surface area contributed by atoms with Crippen molar-refractivity contribution >= 4 is 5.82 Å². The van der Waals surface area contributed by atoms with Crippen LogP contribution in [0, 0.1) is 18.8 Å². The largest absolute Gasteiger partial charge is 0.393 e. The summed E-state index contributed by atoms with van der Waals surface area (Å²) in [6.45, 7) is 12.4. The summed E-state index contributed by atoms with van der Waals surface area (Å²) in [4.78, 5) is 6.97. The van der Waals surface area contributed by atoms with Crippen LogP contribution in [0.3, 0.4) is 0 Å². The Kier molecular flexibility index (Phi) is 5.59. The number of anilines is 1. The van der Waals surface area contributed by atoms with Crippen LogP contribution >= 0.6 is 0 Å². The predicted molar refractivity (Wildman–Crippen MR) is 87.5 cm³/mol. The Hall–Kier alpha value is -1.13. The van der Waals surface area contributed by atoms with Crippen molar-refractivity contribution in [2.75, 3.05) is 24.5 Å². The van der Waals surface area contributed by atoms with Gasteiger partial charge >= 0.3 is 0 Å². The molecule has 1 aromatic heterocycles. The minimum atomic E-state index is -0.166. The number of nitrogens with zero attached hydrogens (tertiary/aromatic N) is 2. The summed E-state index contributed by atoms with van der Waals surface area (Å²) in [6, 6.07) is 2.23. The maximum atomic E-state index is 9.84. The average Bonchev–Trinajstić information content (AvgIpc) is 2.42. The molecule has 2 rings (SSSR count). The summed E-state index contributed by atoms with van der Waals surface area (Å²) in [5, 5.41) is 13.3. The van der Waals surface area contributed by atoms with Crippen LogP contribution in [0.25, 0.3) is 0 Å². The van der Waals surface area contributed by atoms with Gasteiger partial charge in [0, 0.05) is 25.8 Å². The number of aliphatic hydroxyl groups is 1. The summed E-state index contributed by atoms with van der Waals surface area (Å²) in [6.07, 6.45) is 2.65. The van der Waals surface area contributed by atoms with E-state index in [0.29, 0.717) is 11.8 Å². The van der Waals surface area contributed by atoms with Crippen LogP contribution in [0.4, 0.5) is 5.82 Å².